The zero-order valence-electron chi connectivity index (χ0n) is 18.4. The SMILES string of the molecule is CCOC(=O)C(OC(C)(C)C)c1c(C)cc2nc(C=O)ccc2c1-c1ccc(Cl)cc1. The Kier molecular flexibility index (Phi) is 6.77. The first-order valence-electron chi connectivity index (χ1n) is 10.1. The molecule has 1 aromatic heterocycles. The lowest BCUT2D eigenvalue weighted by molar-refractivity contribution is -0.166. The van der Waals surface area contributed by atoms with Gasteiger partial charge in [-0.2, -0.15) is 0 Å². The Morgan fingerprint density at radius 2 is 1.84 bits per heavy atom. The van der Waals surface area contributed by atoms with Gasteiger partial charge in [0.1, 0.15) is 5.69 Å². The fourth-order valence-electron chi connectivity index (χ4n) is 3.56. The summed E-state index contributed by atoms with van der Waals surface area (Å²) in [6.07, 6.45) is -0.213. The second-order valence-corrected chi connectivity index (χ2v) is 8.71. The van der Waals surface area contributed by atoms with Gasteiger partial charge in [-0.1, -0.05) is 23.7 Å². The molecule has 0 bridgehead atoms. The quantitative estimate of drug-likeness (QED) is 0.343. The second-order valence-electron chi connectivity index (χ2n) is 8.27. The zero-order chi connectivity index (χ0) is 22.8. The zero-order valence-corrected chi connectivity index (χ0v) is 19.1. The van der Waals surface area contributed by atoms with Gasteiger partial charge in [-0.05, 0) is 81.6 Å². The van der Waals surface area contributed by atoms with E-state index in [9.17, 15) is 9.59 Å². The van der Waals surface area contributed by atoms with Gasteiger partial charge < -0.3 is 9.47 Å². The molecule has 6 heteroatoms. The van der Waals surface area contributed by atoms with E-state index in [0.29, 0.717) is 21.8 Å². The fraction of sp³-hybridized carbons (Fsp3) is 0.320. The van der Waals surface area contributed by atoms with Crippen molar-refractivity contribution in [2.24, 2.45) is 0 Å². The van der Waals surface area contributed by atoms with Crippen LogP contribution in [-0.4, -0.2) is 29.4 Å². The third-order valence-corrected chi connectivity index (χ3v) is 5.00. The van der Waals surface area contributed by atoms with Crippen LogP contribution < -0.4 is 0 Å². The third kappa shape index (κ3) is 5.12. The van der Waals surface area contributed by atoms with E-state index in [1.807, 2.05) is 52.0 Å². The number of nitrogens with zero attached hydrogens (tertiary/aromatic N) is 1. The summed E-state index contributed by atoms with van der Waals surface area (Å²) in [6.45, 7) is 9.61. The van der Waals surface area contributed by atoms with Crippen molar-refractivity contribution in [1.29, 1.82) is 0 Å². The molecular weight excluding hydrogens is 414 g/mol. The number of aromatic nitrogens is 1. The lowest BCUT2D eigenvalue weighted by Gasteiger charge is -2.29. The van der Waals surface area contributed by atoms with Crippen LogP contribution in [0.2, 0.25) is 5.02 Å². The van der Waals surface area contributed by atoms with E-state index in [1.165, 1.54) is 0 Å². The molecule has 1 heterocycles. The molecule has 0 radical (unpaired) electrons. The maximum atomic E-state index is 13.0. The van der Waals surface area contributed by atoms with Crippen LogP contribution in [0.15, 0.2) is 42.5 Å². The van der Waals surface area contributed by atoms with E-state index < -0.39 is 17.7 Å². The number of pyridine rings is 1. The maximum absolute atomic E-state index is 13.0. The number of hydrogen-bond donors (Lipinski definition) is 0. The summed E-state index contributed by atoms with van der Waals surface area (Å²) in [5.74, 6) is -0.451. The number of ether oxygens (including phenoxy) is 2. The van der Waals surface area contributed by atoms with Gasteiger partial charge in [-0.3, -0.25) is 4.79 Å². The fourth-order valence-corrected chi connectivity index (χ4v) is 3.69. The highest BCUT2D eigenvalue weighted by Crippen LogP contribution is 2.40. The number of benzene rings is 2. The lowest BCUT2D eigenvalue weighted by Crippen LogP contribution is -2.29. The Balaban J connectivity index is 2.38. The first-order chi connectivity index (χ1) is 14.6. The van der Waals surface area contributed by atoms with Gasteiger partial charge in [0.2, 0.25) is 0 Å². The van der Waals surface area contributed by atoms with Gasteiger partial charge in [0.15, 0.2) is 12.4 Å². The van der Waals surface area contributed by atoms with Crippen LogP contribution in [0.25, 0.3) is 22.0 Å². The van der Waals surface area contributed by atoms with Gasteiger partial charge in [-0.15, -0.1) is 0 Å². The minimum Gasteiger partial charge on any atom is -0.464 e. The standard InChI is InChI=1S/C25H26ClNO4/c1-6-30-24(29)23(31-25(3,4)5)21-15(2)13-20-19(12-11-18(14-28)27-20)22(21)16-7-9-17(26)10-8-16/h7-14,23H,6H2,1-5H3. The number of esters is 1. The molecule has 3 aromatic rings. The van der Waals surface area contributed by atoms with Crippen LogP contribution >= 0.6 is 11.6 Å². The van der Waals surface area contributed by atoms with Crippen molar-refractivity contribution in [2.45, 2.75) is 46.3 Å². The summed E-state index contributed by atoms with van der Waals surface area (Å²) in [7, 11) is 0. The van der Waals surface area contributed by atoms with Gasteiger partial charge in [0.05, 0.1) is 17.7 Å². The van der Waals surface area contributed by atoms with Crippen LogP contribution in [0, 0.1) is 6.92 Å². The molecule has 2 aromatic carbocycles. The van der Waals surface area contributed by atoms with Crippen molar-refractivity contribution in [3.05, 3.63) is 64.3 Å². The Bertz CT molecular complexity index is 1120. The van der Waals surface area contributed by atoms with E-state index in [0.717, 1.165) is 28.4 Å². The van der Waals surface area contributed by atoms with E-state index in [4.69, 9.17) is 21.1 Å². The predicted octanol–water partition coefficient (Wildman–Crippen LogP) is 6.10. The summed E-state index contributed by atoms with van der Waals surface area (Å²) in [5.41, 5.74) is 3.61. The summed E-state index contributed by atoms with van der Waals surface area (Å²) < 4.78 is 11.6. The Morgan fingerprint density at radius 3 is 2.42 bits per heavy atom. The number of carbonyl (C=O) groups excluding carboxylic acids is 2. The molecule has 0 saturated heterocycles. The van der Waals surface area contributed by atoms with Crippen molar-refractivity contribution in [3.8, 4) is 11.1 Å². The number of aryl methyl sites for hydroxylation is 1. The second kappa shape index (κ2) is 9.16. The van der Waals surface area contributed by atoms with Gasteiger partial charge in [0, 0.05) is 16.0 Å². The van der Waals surface area contributed by atoms with E-state index in [-0.39, 0.29) is 6.61 Å². The molecule has 31 heavy (non-hydrogen) atoms. The van der Waals surface area contributed by atoms with E-state index in [1.54, 1.807) is 25.1 Å². The molecule has 0 aliphatic carbocycles. The molecule has 0 amide bonds. The summed E-state index contributed by atoms with van der Waals surface area (Å²) >= 11 is 6.12. The number of fused-ring (bicyclic) bond motifs is 1. The third-order valence-electron chi connectivity index (χ3n) is 4.75. The number of halogens is 1. The summed E-state index contributed by atoms with van der Waals surface area (Å²) in [5, 5.41) is 1.41. The summed E-state index contributed by atoms with van der Waals surface area (Å²) in [4.78, 5) is 28.7. The van der Waals surface area contributed by atoms with E-state index in [2.05, 4.69) is 4.98 Å². The largest absolute Gasteiger partial charge is 0.464 e. The van der Waals surface area contributed by atoms with Gasteiger partial charge in [-0.25, -0.2) is 9.78 Å². The first kappa shape index (κ1) is 22.9. The average Bonchev–Trinajstić information content (AvgIpc) is 2.71. The molecular formula is C25H26ClNO4. The summed E-state index contributed by atoms with van der Waals surface area (Å²) in [6, 6.07) is 12.8. The van der Waals surface area contributed by atoms with Crippen LogP contribution in [0.4, 0.5) is 0 Å². The minimum absolute atomic E-state index is 0.246. The molecule has 1 atom stereocenters. The molecule has 0 spiro atoms. The maximum Gasteiger partial charge on any atom is 0.339 e. The molecule has 1 unspecified atom stereocenters. The number of aldehydes is 1. The highest BCUT2D eigenvalue weighted by Gasteiger charge is 2.33. The van der Waals surface area contributed by atoms with Gasteiger partial charge >= 0.3 is 5.97 Å². The van der Waals surface area contributed by atoms with Crippen LogP contribution in [0.1, 0.15) is 55.4 Å². The van der Waals surface area contributed by atoms with Crippen LogP contribution in [0.3, 0.4) is 0 Å². The normalized spacial score (nSPS) is 12.6. The monoisotopic (exact) mass is 439 g/mol. The molecule has 0 aliphatic heterocycles. The van der Waals surface area contributed by atoms with Crippen molar-refractivity contribution >= 4 is 34.8 Å². The number of hydrogen-bond acceptors (Lipinski definition) is 5. The molecule has 0 aliphatic rings. The first-order valence-corrected chi connectivity index (χ1v) is 10.5. The predicted molar refractivity (Wildman–Crippen MR) is 123 cm³/mol. The highest BCUT2D eigenvalue weighted by atomic mass is 35.5. The van der Waals surface area contributed by atoms with Crippen molar-refractivity contribution in [1.82, 2.24) is 4.98 Å². The smallest absolute Gasteiger partial charge is 0.339 e. The molecule has 0 saturated carbocycles. The molecule has 5 nitrogen and oxygen atoms in total. The van der Waals surface area contributed by atoms with Gasteiger partial charge in [0.25, 0.3) is 0 Å². The van der Waals surface area contributed by atoms with Crippen molar-refractivity contribution in [2.75, 3.05) is 6.61 Å². The van der Waals surface area contributed by atoms with Crippen LogP contribution in [0.5, 0.6) is 0 Å². The highest BCUT2D eigenvalue weighted by molar-refractivity contribution is 6.30. The van der Waals surface area contributed by atoms with Crippen molar-refractivity contribution in [3.63, 3.8) is 0 Å². The van der Waals surface area contributed by atoms with Crippen molar-refractivity contribution < 1.29 is 19.1 Å². The molecule has 162 valence electrons. The topological polar surface area (TPSA) is 65.5 Å². The van der Waals surface area contributed by atoms with Crippen LogP contribution in [-0.2, 0) is 14.3 Å². The molecule has 0 fully saturated rings. The Hall–Kier alpha value is -2.76. The lowest BCUT2D eigenvalue weighted by atomic mass is 9.88. The number of carbonyl (C=O) groups is 2. The minimum atomic E-state index is -0.930. The average molecular weight is 440 g/mol. The molecule has 0 N–H and O–H groups in total. The Labute approximate surface area is 187 Å². The van der Waals surface area contributed by atoms with E-state index >= 15 is 0 Å². The number of rotatable bonds is 6. The Morgan fingerprint density at radius 1 is 1.16 bits per heavy atom. The molecule has 3 rings (SSSR count).